The van der Waals surface area contributed by atoms with Crippen molar-refractivity contribution in [2.45, 2.75) is 0 Å². The second kappa shape index (κ2) is 7.65. The number of nitrogens with zero attached hydrogens (tertiary/aromatic N) is 4. The zero-order chi connectivity index (χ0) is 25.5. The summed E-state index contributed by atoms with van der Waals surface area (Å²) in [7, 11) is -0.0838. The molecule has 5 aromatic carbocycles. The summed E-state index contributed by atoms with van der Waals surface area (Å²) in [5.41, 5.74) is 9.77. The van der Waals surface area contributed by atoms with E-state index >= 15 is 0 Å². The average Bonchev–Trinajstić information content (AvgIpc) is 3.71. The lowest BCUT2D eigenvalue weighted by Gasteiger charge is -2.35. The van der Waals surface area contributed by atoms with Gasteiger partial charge in [-0.1, -0.05) is 72.8 Å². The van der Waals surface area contributed by atoms with Crippen molar-refractivity contribution in [2.75, 3.05) is 9.62 Å². The van der Waals surface area contributed by atoms with Crippen LogP contribution in [0.4, 0.5) is 22.7 Å². The number of fused-ring (bicyclic) bond motifs is 11. The van der Waals surface area contributed by atoms with Crippen LogP contribution in [0.3, 0.4) is 0 Å². The molecule has 6 heteroatoms. The highest BCUT2D eigenvalue weighted by atomic mass is 16.3. The number of imidazole rings is 1. The third-order valence-electron chi connectivity index (χ3n) is 8.03. The first-order valence-corrected chi connectivity index (χ1v) is 13.2. The molecule has 2 aliphatic rings. The Hall–Kier alpha value is -5.23. The minimum Gasteiger partial charge on any atom is -0.455 e. The minimum atomic E-state index is -0.0838. The molecule has 0 aliphatic carbocycles. The lowest BCUT2D eigenvalue weighted by Crippen LogP contribution is -2.51. The zero-order valence-corrected chi connectivity index (χ0v) is 20.9. The fraction of sp³-hybridized carbons (Fsp3) is 0. The number of furan rings is 1. The Morgan fingerprint density at radius 1 is 0.615 bits per heavy atom. The second-order valence-electron chi connectivity index (χ2n) is 10.1. The van der Waals surface area contributed by atoms with Crippen molar-refractivity contribution in [3.8, 4) is 22.5 Å². The second-order valence-corrected chi connectivity index (χ2v) is 10.1. The number of hydrogen-bond donors (Lipinski definition) is 0. The monoisotopic (exact) mass is 500 g/mol. The molecule has 9 rings (SSSR count). The largest absolute Gasteiger partial charge is 0.519 e. The van der Waals surface area contributed by atoms with Crippen LogP contribution >= 0.6 is 0 Å². The number of anilines is 4. The standard InChI is InChI=1S/C33H21BN4O/c1-2-9-23(10-3-1)37-29-14-5-6-15-30(29)38-28-18-17-22(21-27(28)33-35-19-20-36(33)34(37)38)24-12-8-13-26-25-11-4-7-16-31(25)39-32(24)26/h1-21H. The summed E-state index contributed by atoms with van der Waals surface area (Å²) in [4.78, 5) is 9.69. The van der Waals surface area contributed by atoms with Crippen LogP contribution in [-0.4, -0.2) is 16.6 Å². The molecule has 0 N–H and O–H groups in total. The van der Waals surface area contributed by atoms with E-state index in [1.807, 2.05) is 18.3 Å². The fourth-order valence-electron chi connectivity index (χ4n) is 6.38. The van der Waals surface area contributed by atoms with Crippen molar-refractivity contribution in [2.24, 2.45) is 0 Å². The van der Waals surface area contributed by atoms with Crippen LogP contribution in [0.15, 0.2) is 132 Å². The molecule has 0 saturated heterocycles. The van der Waals surface area contributed by atoms with E-state index in [4.69, 9.17) is 9.40 Å². The van der Waals surface area contributed by atoms with E-state index < -0.39 is 0 Å². The first kappa shape index (κ1) is 20.8. The van der Waals surface area contributed by atoms with Crippen molar-refractivity contribution in [1.29, 1.82) is 0 Å². The molecule has 0 unspecified atom stereocenters. The van der Waals surface area contributed by atoms with Crippen LogP contribution in [0, 0.1) is 0 Å². The maximum atomic E-state index is 6.38. The topological polar surface area (TPSA) is 37.4 Å². The molecule has 0 radical (unpaired) electrons. The van der Waals surface area contributed by atoms with Crippen LogP contribution in [0.25, 0.3) is 44.5 Å². The van der Waals surface area contributed by atoms with E-state index in [2.05, 4.69) is 123 Å². The summed E-state index contributed by atoms with van der Waals surface area (Å²) in [6, 6.07) is 40.6. The molecule has 0 bridgehead atoms. The fourth-order valence-corrected chi connectivity index (χ4v) is 6.38. The first-order chi connectivity index (χ1) is 19.4. The Morgan fingerprint density at radius 2 is 1.38 bits per heavy atom. The number of benzene rings is 5. The van der Waals surface area contributed by atoms with Crippen LogP contribution in [-0.2, 0) is 0 Å². The number of rotatable bonds is 2. The lowest BCUT2D eigenvalue weighted by molar-refractivity contribution is 0.670. The molecule has 5 nitrogen and oxygen atoms in total. The third-order valence-corrected chi connectivity index (χ3v) is 8.03. The molecule has 0 fully saturated rings. The van der Waals surface area contributed by atoms with Gasteiger partial charge in [-0.05, 0) is 48.0 Å². The molecule has 7 aromatic rings. The van der Waals surface area contributed by atoms with Gasteiger partial charge in [-0.2, -0.15) is 0 Å². The van der Waals surface area contributed by atoms with Crippen LogP contribution in [0.2, 0.25) is 0 Å². The predicted octanol–water partition coefficient (Wildman–Crippen LogP) is 8.25. The van der Waals surface area contributed by atoms with E-state index in [9.17, 15) is 0 Å². The Labute approximate surface area is 225 Å². The normalized spacial score (nSPS) is 13.5. The Kier molecular flexibility index (Phi) is 4.08. The minimum absolute atomic E-state index is 0.0838. The van der Waals surface area contributed by atoms with E-state index in [-0.39, 0.29) is 7.12 Å². The zero-order valence-electron chi connectivity index (χ0n) is 20.9. The lowest BCUT2D eigenvalue weighted by atomic mass is 9.82. The highest BCUT2D eigenvalue weighted by molar-refractivity contribution is 6.73. The van der Waals surface area contributed by atoms with Crippen LogP contribution in [0.5, 0.6) is 0 Å². The molecule has 4 heterocycles. The van der Waals surface area contributed by atoms with Gasteiger partial charge in [-0.25, -0.2) is 4.98 Å². The van der Waals surface area contributed by atoms with Crippen LogP contribution in [0.1, 0.15) is 0 Å². The van der Waals surface area contributed by atoms with E-state index in [0.717, 1.165) is 55.8 Å². The molecular formula is C33H21BN4O. The van der Waals surface area contributed by atoms with Gasteiger partial charge < -0.3 is 18.5 Å². The number of hydrogen-bond acceptors (Lipinski definition) is 4. The molecule has 39 heavy (non-hydrogen) atoms. The number of para-hydroxylation sites is 5. The highest BCUT2D eigenvalue weighted by Gasteiger charge is 2.48. The van der Waals surface area contributed by atoms with E-state index in [1.165, 1.54) is 11.4 Å². The summed E-state index contributed by atoms with van der Waals surface area (Å²) in [6.07, 6.45) is 3.99. The van der Waals surface area contributed by atoms with Gasteiger partial charge in [-0.3, -0.25) is 0 Å². The third kappa shape index (κ3) is 2.77. The van der Waals surface area contributed by atoms with Crippen molar-refractivity contribution >= 4 is 51.8 Å². The van der Waals surface area contributed by atoms with Gasteiger partial charge in [0.15, 0.2) is 0 Å². The van der Waals surface area contributed by atoms with Crippen molar-refractivity contribution in [1.82, 2.24) is 9.46 Å². The van der Waals surface area contributed by atoms with Crippen LogP contribution < -0.4 is 9.62 Å². The van der Waals surface area contributed by atoms with Crippen molar-refractivity contribution in [3.05, 3.63) is 128 Å². The molecule has 0 amide bonds. The molecule has 0 saturated carbocycles. The molecular weight excluding hydrogens is 479 g/mol. The van der Waals surface area contributed by atoms with Gasteiger partial charge in [0.1, 0.15) is 17.0 Å². The number of aromatic nitrogens is 2. The Bertz CT molecular complexity index is 2060. The maximum absolute atomic E-state index is 6.38. The smallest absolute Gasteiger partial charge is 0.455 e. The Morgan fingerprint density at radius 3 is 2.28 bits per heavy atom. The summed E-state index contributed by atoms with van der Waals surface area (Å²) >= 11 is 0. The summed E-state index contributed by atoms with van der Waals surface area (Å²) in [6.45, 7) is 0. The van der Waals surface area contributed by atoms with Crippen molar-refractivity contribution < 1.29 is 4.42 Å². The van der Waals surface area contributed by atoms with Gasteiger partial charge in [0.25, 0.3) is 0 Å². The molecule has 2 aliphatic heterocycles. The molecule has 182 valence electrons. The van der Waals surface area contributed by atoms with Gasteiger partial charge in [0.2, 0.25) is 0 Å². The quantitative estimate of drug-likeness (QED) is 0.224. The summed E-state index contributed by atoms with van der Waals surface area (Å²) in [5, 5.41) is 2.27. The first-order valence-electron chi connectivity index (χ1n) is 13.2. The van der Waals surface area contributed by atoms with Gasteiger partial charge in [-0.15, -0.1) is 0 Å². The van der Waals surface area contributed by atoms with Gasteiger partial charge in [0, 0.05) is 45.7 Å². The SMILES string of the molecule is c1ccc(N2B3N(c4ccc(-c5cccc6c5oc5ccccc56)cc4-c4nccn43)c3ccccc32)cc1. The average molecular weight is 500 g/mol. The summed E-state index contributed by atoms with van der Waals surface area (Å²) < 4.78 is 8.66. The predicted molar refractivity (Wildman–Crippen MR) is 159 cm³/mol. The molecule has 0 atom stereocenters. The molecule has 2 aromatic heterocycles. The summed E-state index contributed by atoms with van der Waals surface area (Å²) in [5.74, 6) is 0.957. The maximum Gasteiger partial charge on any atom is 0.519 e. The van der Waals surface area contributed by atoms with E-state index in [1.54, 1.807) is 0 Å². The van der Waals surface area contributed by atoms with E-state index in [0.29, 0.717) is 0 Å². The Balaban J connectivity index is 1.27. The van der Waals surface area contributed by atoms with Gasteiger partial charge in [0.05, 0.1) is 11.4 Å². The molecule has 0 spiro atoms. The van der Waals surface area contributed by atoms with Gasteiger partial charge >= 0.3 is 7.12 Å². The highest BCUT2D eigenvalue weighted by Crippen LogP contribution is 2.52. The van der Waals surface area contributed by atoms with Crippen molar-refractivity contribution in [3.63, 3.8) is 0 Å².